The number of hydrogen-bond acceptors (Lipinski definition) is 4. The standard InChI is InChI=1S/C8H11F2N3O/c9-8(10)6(14)4-13-7-2-1-5(11)3-12-7/h1-3,6,8,14H,4,11H2,(H,12,13). The number of nitrogens with one attached hydrogen (secondary N) is 1. The second-order valence-electron chi connectivity index (χ2n) is 2.76. The zero-order chi connectivity index (χ0) is 10.6. The molecule has 0 amide bonds. The molecule has 4 nitrogen and oxygen atoms in total. The molecule has 0 aliphatic carbocycles. The normalized spacial score (nSPS) is 12.9. The van der Waals surface area contributed by atoms with Gasteiger partial charge in [0.05, 0.1) is 11.9 Å². The molecule has 1 aromatic rings. The lowest BCUT2D eigenvalue weighted by Gasteiger charge is -2.10. The fourth-order valence-corrected chi connectivity index (χ4v) is 0.808. The van der Waals surface area contributed by atoms with E-state index >= 15 is 0 Å². The summed E-state index contributed by atoms with van der Waals surface area (Å²) in [5.74, 6) is 0.402. The van der Waals surface area contributed by atoms with Gasteiger partial charge in [0.2, 0.25) is 0 Å². The van der Waals surface area contributed by atoms with Gasteiger partial charge in [0.25, 0.3) is 6.43 Å². The lowest BCUT2D eigenvalue weighted by Crippen LogP contribution is -2.27. The summed E-state index contributed by atoms with van der Waals surface area (Å²) in [6.07, 6.45) is -3.04. The van der Waals surface area contributed by atoms with E-state index in [4.69, 9.17) is 10.8 Å². The average Bonchev–Trinajstić information content (AvgIpc) is 2.16. The van der Waals surface area contributed by atoms with E-state index in [-0.39, 0.29) is 6.54 Å². The minimum atomic E-state index is -2.75. The Morgan fingerprint density at radius 1 is 1.50 bits per heavy atom. The number of aliphatic hydroxyl groups is 1. The van der Waals surface area contributed by atoms with Crippen LogP contribution in [0.25, 0.3) is 0 Å². The Kier molecular flexibility index (Phi) is 3.58. The molecule has 0 aliphatic rings. The van der Waals surface area contributed by atoms with Gasteiger partial charge in [-0.25, -0.2) is 13.8 Å². The highest BCUT2D eigenvalue weighted by molar-refractivity contribution is 5.43. The molecule has 0 bridgehead atoms. The number of anilines is 2. The molecule has 0 aromatic carbocycles. The molecule has 1 rings (SSSR count). The van der Waals surface area contributed by atoms with Crippen LogP contribution in [0.4, 0.5) is 20.3 Å². The third-order valence-corrected chi connectivity index (χ3v) is 1.57. The highest BCUT2D eigenvalue weighted by Crippen LogP contribution is 2.07. The largest absolute Gasteiger partial charge is 0.397 e. The van der Waals surface area contributed by atoms with Gasteiger partial charge in [0.15, 0.2) is 0 Å². The quantitative estimate of drug-likeness (QED) is 0.673. The summed E-state index contributed by atoms with van der Waals surface area (Å²) in [5, 5.41) is 11.3. The third-order valence-electron chi connectivity index (χ3n) is 1.57. The molecular formula is C8H11F2N3O. The van der Waals surface area contributed by atoms with E-state index in [0.29, 0.717) is 11.5 Å². The van der Waals surface area contributed by atoms with Crippen LogP contribution in [0.1, 0.15) is 0 Å². The van der Waals surface area contributed by atoms with E-state index in [1.807, 2.05) is 0 Å². The molecule has 0 fully saturated rings. The number of aliphatic hydroxyl groups excluding tert-OH is 1. The van der Waals surface area contributed by atoms with Crippen molar-refractivity contribution in [2.24, 2.45) is 0 Å². The van der Waals surface area contributed by atoms with Gasteiger partial charge in [-0.15, -0.1) is 0 Å². The van der Waals surface area contributed by atoms with Crippen molar-refractivity contribution in [3.8, 4) is 0 Å². The minimum absolute atomic E-state index is 0.241. The van der Waals surface area contributed by atoms with Gasteiger partial charge in [0.1, 0.15) is 11.9 Å². The highest BCUT2D eigenvalue weighted by Gasteiger charge is 2.15. The first kappa shape index (κ1) is 10.6. The number of aromatic nitrogens is 1. The van der Waals surface area contributed by atoms with Crippen LogP contribution in [0.5, 0.6) is 0 Å². The number of halogens is 2. The van der Waals surface area contributed by atoms with Gasteiger partial charge < -0.3 is 16.2 Å². The fraction of sp³-hybridized carbons (Fsp3) is 0.375. The fourth-order valence-electron chi connectivity index (χ4n) is 0.808. The van der Waals surface area contributed by atoms with Crippen LogP contribution in [0.15, 0.2) is 18.3 Å². The molecule has 14 heavy (non-hydrogen) atoms. The summed E-state index contributed by atoms with van der Waals surface area (Å²) >= 11 is 0. The van der Waals surface area contributed by atoms with E-state index in [0.717, 1.165) is 0 Å². The first-order valence-corrected chi connectivity index (χ1v) is 4.01. The maximum atomic E-state index is 11.9. The van der Waals surface area contributed by atoms with Gasteiger partial charge >= 0.3 is 0 Å². The molecule has 1 aromatic heterocycles. The number of nitrogen functional groups attached to an aromatic ring is 1. The monoisotopic (exact) mass is 203 g/mol. The van der Waals surface area contributed by atoms with Crippen molar-refractivity contribution in [2.75, 3.05) is 17.6 Å². The van der Waals surface area contributed by atoms with Crippen molar-refractivity contribution in [3.63, 3.8) is 0 Å². The van der Waals surface area contributed by atoms with Gasteiger partial charge in [-0.2, -0.15) is 0 Å². The average molecular weight is 203 g/mol. The van der Waals surface area contributed by atoms with E-state index in [1.54, 1.807) is 12.1 Å². The second-order valence-corrected chi connectivity index (χ2v) is 2.76. The predicted octanol–water partition coefficient (Wildman–Crippen LogP) is 0.702. The van der Waals surface area contributed by atoms with Crippen LogP contribution in [-0.4, -0.2) is 29.2 Å². The van der Waals surface area contributed by atoms with Crippen molar-refractivity contribution in [1.29, 1.82) is 0 Å². The Morgan fingerprint density at radius 3 is 2.71 bits per heavy atom. The van der Waals surface area contributed by atoms with Crippen LogP contribution < -0.4 is 11.1 Å². The number of pyridine rings is 1. The smallest absolute Gasteiger partial charge is 0.265 e. The molecule has 0 spiro atoms. The molecule has 1 heterocycles. The number of hydrogen-bond donors (Lipinski definition) is 3. The van der Waals surface area contributed by atoms with Crippen molar-refractivity contribution >= 4 is 11.5 Å². The molecular weight excluding hydrogens is 192 g/mol. The summed E-state index contributed by atoms with van der Waals surface area (Å²) in [7, 11) is 0. The topological polar surface area (TPSA) is 71.2 Å². The lowest BCUT2D eigenvalue weighted by atomic mass is 10.3. The number of rotatable bonds is 4. The molecule has 0 aliphatic heterocycles. The van der Waals surface area contributed by atoms with Gasteiger partial charge in [-0.3, -0.25) is 0 Å². The van der Waals surface area contributed by atoms with E-state index in [2.05, 4.69) is 10.3 Å². The maximum absolute atomic E-state index is 11.9. The highest BCUT2D eigenvalue weighted by atomic mass is 19.3. The Bertz CT molecular complexity index is 278. The van der Waals surface area contributed by atoms with Crippen molar-refractivity contribution in [2.45, 2.75) is 12.5 Å². The molecule has 0 saturated heterocycles. The van der Waals surface area contributed by atoms with E-state index in [9.17, 15) is 8.78 Å². The molecule has 78 valence electrons. The molecule has 4 N–H and O–H groups in total. The van der Waals surface area contributed by atoms with Crippen molar-refractivity contribution in [3.05, 3.63) is 18.3 Å². The second kappa shape index (κ2) is 4.71. The Morgan fingerprint density at radius 2 is 2.21 bits per heavy atom. The summed E-state index contributed by atoms with van der Waals surface area (Å²) in [6, 6.07) is 3.14. The Balaban J connectivity index is 2.42. The molecule has 0 saturated carbocycles. The summed E-state index contributed by atoms with van der Waals surface area (Å²) in [5.41, 5.74) is 5.86. The first-order valence-electron chi connectivity index (χ1n) is 4.01. The molecule has 1 atom stereocenters. The van der Waals surface area contributed by atoms with Crippen molar-refractivity contribution < 1.29 is 13.9 Å². The Labute approximate surface area is 79.8 Å². The van der Waals surface area contributed by atoms with Gasteiger partial charge in [-0.1, -0.05) is 0 Å². The lowest BCUT2D eigenvalue weighted by molar-refractivity contribution is 0.00381. The SMILES string of the molecule is Nc1ccc(NCC(O)C(F)F)nc1. The predicted molar refractivity (Wildman–Crippen MR) is 49.1 cm³/mol. The van der Waals surface area contributed by atoms with Crippen molar-refractivity contribution in [1.82, 2.24) is 4.98 Å². The molecule has 1 unspecified atom stereocenters. The molecule has 0 radical (unpaired) electrons. The van der Waals surface area contributed by atoms with Gasteiger partial charge in [0, 0.05) is 6.54 Å². The maximum Gasteiger partial charge on any atom is 0.265 e. The van der Waals surface area contributed by atoms with E-state index < -0.39 is 12.5 Å². The minimum Gasteiger partial charge on any atom is -0.397 e. The summed E-state index contributed by atoms with van der Waals surface area (Å²) in [6.45, 7) is -0.241. The zero-order valence-electron chi connectivity index (χ0n) is 7.32. The van der Waals surface area contributed by atoms with Crippen LogP contribution in [-0.2, 0) is 0 Å². The number of nitrogens with zero attached hydrogens (tertiary/aromatic N) is 1. The van der Waals surface area contributed by atoms with Crippen LogP contribution in [0.2, 0.25) is 0 Å². The third kappa shape index (κ3) is 3.14. The summed E-state index contributed by atoms with van der Waals surface area (Å²) in [4.78, 5) is 3.82. The zero-order valence-corrected chi connectivity index (χ0v) is 7.32. The number of nitrogens with two attached hydrogens (primary N) is 1. The van der Waals surface area contributed by atoms with Crippen LogP contribution in [0, 0.1) is 0 Å². The van der Waals surface area contributed by atoms with Crippen LogP contribution >= 0.6 is 0 Å². The summed E-state index contributed by atoms with van der Waals surface area (Å²) < 4.78 is 23.7. The number of alkyl halides is 2. The van der Waals surface area contributed by atoms with E-state index in [1.165, 1.54) is 6.20 Å². The van der Waals surface area contributed by atoms with Crippen LogP contribution in [0.3, 0.4) is 0 Å². The molecule has 6 heteroatoms. The van der Waals surface area contributed by atoms with Gasteiger partial charge in [-0.05, 0) is 12.1 Å². The Hall–Kier alpha value is -1.43. The first-order chi connectivity index (χ1) is 6.59.